The molecule has 6 heteroatoms. The zero-order chi connectivity index (χ0) is 20.6. The number of hydrogen-bond donors (Lipinski definition) is 1. The van der Waals surface area contributed by atoms with Crippen LogP contribution in [0.25, 0.3) is 11.2 Å². The van der Waals surface area contributed by atoms with Gasteiger partial charge in [0.1, 0.15) is 5.52 Å². The highest BCUT2D eigenvalue weighted by Crippen LogP contribution is 2.25. The highest BCUT2D eigenvalue weighted by atomic mass is 16.1. The predicted molar refractivity (Wildman–Crippen MR) is 115 cm³/mol. The van der Waals surface area contributed by atoms with Crippen LogP contribution in [0.2, 0.25) is 0 Å². The first kappa shape index (κ1) is 19.6. The minimum Gasteiger partial charge on any atom is -0.347 e. The van der Waals surface area contributed by atoms with Crippen LogP contribution in [0, 0.1) is 5.41 Å². The summed E-state index contributed by atoms with van der Waals surface area (Å²) in [6.07, 6.45) is 4.42. The van der Waals surface area contributed by atoms with Crippen LogP contribution in [0.15, 0.2) is 42.9 Å². The van der Waals surface area contributed by atoms with Crippen molar-refractivity contribution in [1.82, 2.24) is 24.8 Å². The van der Waals surface area contributed by atoms with Gasteiger partial charge in [-0.3, -0.25) is 9.69 Å². The number of fused-ring (bicyclic) bond motifs is 2. The minimum atomic E-state index is -0.0894. The van der Waals surface area contributed by atoms with Crippen LogP contribution in [0.1, 0.15) is 42.3 Å². The number of aromatic nitrogens is 3. The van der Waals surface area contributed by atoms with Crippen LogP contribution in [0.4, 0.5) is 0 Å². The summed E-state index contributed by atoms with van der Waals surface area (Å²) in [5, 5.41) is 3.29. The molecule has 0 spiro atoms. The van der Waals surface area contributed by atoms with Crippen LogP contribution in [-0.4, -0.2) is 44.5 Å². The van der Waals surface area contributed by atoms with Gasteiger partial charge in [0, 0.05) is 38.9 Å². The second kappa shape index (κ2) is 7.59. The fourth-order valence-electron chi connectivity index (χ4n) is 3.95. The first-order valence-corrected chi connectivity index (χ1v) is 10.2. The Morgan fingerprint density at radius 2 is 1.93 bits per heavy atom. The van der Waals surface area contributed by atoms with Crippen LogP contribution in [0.3, 0.4) is 0 Å². The van der Waals surface area contributed by atoms with Crippen molar-refractivity contribution in [3.63, 3.8) is 0 Å². The quantitative estimate of drug-likeness (QED) is 0.742. The second-order valence-corrected chi connectivity index (χ2v) is 9.03. The number of carbonyl (C=O) groups is 1. The van der Waals surface area contributed by atoms with Gasteiger partial charge in [0.25, 0.3) is 5.91 Å². The average Bonchev–Trinajstić information content (AvgIpc) is 3.08. The number of imidazole rings is 1. The molecular weight excluding hydrogens is 362 g/mol. The summed E-state index contributed by atoms with van der Waals surface area (Å²) in [6, 6.07) is 10.4. The zero-order valence-electron chi connectivity index (χ0n) is 17.6. The lowest BCUT2D eigenvalue weighted by molar-refractivity contribution is 0.0864. The second-order valence-electron chi connectivity index (χ2n) is 9.03. The average molecular weight is 392 g/mol. The highest BCUT2D eigenvalue weighted by Gasteiger charge is 2.30. The van der Waals surface area contributed by atoms with Crippen LogP contribution in [-0.2, 0) is 20.0 Å². The summed E-state index contributed by atoms with van der Waals surface area (Å²) in [5.41, 5.74) is 4.71. The van der Waals surface area contributed by atoms with Gasteiger partial charge < -0.3 is 9.88 Å². The van der Waals surface area contributed by atoms with Crippen molar-refractivity contribution >= 4 is 17.1 Å². The number of carbonyl (C=O) groups excluding carboxylic acids is 1. The summed E-state index contributed by atoms with van der Waals surface area (Å²) in [6.45, 7) is 9.30. The number of pyridine rings is 1. The van der Waals surface area contributed by atoms with Crippen LogP contribution < -0.4 is 5.32 Å². The third-order valence-corrected chi connectivity index (χ3v) is 5.84. The lowest BCUT2D eigenvalue weighted by atomic mass is 9.85. The number of benzene rings is 1. The largest absolute Gasteiger partial charge is 0.347 e. The Labute approximate surface area is 172 Å². The van der Waals surface area contributed by atoms with Crippen molar-refractivity contribution in [2.75, 3.05) is 13.1 Å². The summed E-state index contributed by atoms with van der Waals surface area (Å²) >= 11 is 0. The molecule has 0 radical (unpaired) electrons. The lowest BCUT2D eigenvalue weighted by Gasteiger charge is -2.38. The van der Waals surface area contributed by atoms with E-state index in [4.69, 9.17) is 0 Å². The van der Waals surface area contributed by atoms with Crippen molar-refractivity contribution in [2.45, 2.75) is 39.8 Å². The first-order chi connectivity index (χ1) is 13.8. The van der Waals surface area contributed by atoms with E-state index in [2.05, 4.69) is 65.2 Å². The summed E-state index contributed by atoms with van der Waals surface area (Å²) < 4.78 is 1.83. The zero-order valence-corrected chi connectivity index (χ0v) is 17.6. The number of nitrogens with one attached hydrogen (secondary N) is 1. The Morgan fingerprint density at radius 3 is 2.69 bits per heavy atom. The fraction of sp³-hybridized carbons (Fsp3) is 0.435. The maximum absolute atomic E-state index is 13.2. The van der Waals surface area contributed by atoms with Crippen LogP contribution >= 0.6 is 0 Å². The molecule has 0 saturated heterocycles. The number of amides is 1. The summed E-state index contributed by atoms with van der Waals surface area (Å²) in [4.78, 5) is 24.3. The molecule has 1 atom stereocenters. The van der Waals surface area contributed by atoms with E-state index in [1.807, 2.05) is 11.6 Å². The Bertz CT molecular complexity index is 1030. The molecule has 6 nitrogen and oxygen atoms in total. The van der Waals surface area contributed by atoms with Gasteiger partial charge in [-0.05, 0) is 29.0 Å². The normalized spacial score (nSPS) is 15.9. The van der Waals surface area contributed by atoms with E-state index in [9.17, 15) is 4.79 Å². The van der Waals surface area contributed by atoms with Gasteiger partial charge in [-0.2, -0.15) is 0 Å². The van der Waals surface area contributed by atoms with Crippen molar-refractivity contribution in [3.05, 3.63) is 59.5 Å². The number of aryl methyl sites for hydroxylation is 1. The molecule has 3 heterocycles. The molecular formula is C23H29N5O. The van der Waals surface area contributed by atoms with Crippen molar-refractivity contribution in [1.29, 1.82) is 0 Å². The topological polar surface area (TPSA) is 63.1 Å². The molecule has 1 aliphatic rings. The number of rotatable bonds is 4. The van der Waals surface area contributed by atoms with E-state index in [0.29, 0.717) is 11.1 Å². The van der Waals surface area contributed by atoms with Crippen molar-refractivity contribution in [2.24, 2.45) is 12.5 Å². The van der Waals surface area contributed by atoms with E-state index in [-0.39, 0.29) is 17.4 Å². The number of nitrogens with zero attached hydrogens (tertiary/aromatic N) is 4. The molecule has 152 valence electrons. The molecule has 1 aliphatic heterocycles. The molecule has 2 aromatic heterocycles. The molecule has 0 bridgehead atoms. The van der Waals surface area contributed by atoms with Gasteiger partial charge in [0.2, 0.25) is 0 Å². The molecule has 1 amide bonds. The third kappa shape index (κ3) is 4.03. The van der Waals surface area contributed by atoms with Crippen LogP contribution in [0.5, 0.6) is 0 Å². The maximum atomic E-state index is 13.2. The molecule has 29 heavy (non-hydrogen) atoms. The molecule has 0 saturated carbocycles. The molecule has 4 rings (SSSR count). The van der Waals surface area contributed by atoms with E-state index in [1.54, 1.807) is 18.6 Å². The Morgan fingerprint density at radius 1 is 1.17 bits per heavy atom. The minimum absolute atomic E-state index is 0.0205. The molecule has 0 aliphatic carbocycles. The van der Waals surface area contributed by atoms with Gasteiger partial charge in [-0.25, -0.2) is 9.97 Å². The van der Waals surface area contributed by atoms with E-state index < -0.39 is 0 Å². The monoisotopic (exact) mass is 391 g/mol. The standard InChI is InChI=1S/C23H29N5O/c1-23(2,3)19(14-28-12-10-16-7-5-6-8-17(16)13-28)26-22(29)18-9-11-24-21-20(18)25-15-27(21)4/h5-9,11,15,19H,10,12-14H2,1-4H3,(H,26,29). The van der Waals surface area contributed by atoms with Crippen molar-refractivity contribution in [3.8, 4) is 0 Å². The smallest absolute Gasteiger partial charge is 0.253 e. The third-order valence-electron chi connectivity index (χ3n) is 5.84. The molecule has 3 aromatic rings. The molecule has 1 N–H and O–H groups in total. The predicted octanol–water partition coefficient (Wildman–Crippen LogP) is 3.17. The summed E-state index contributed by atoms with van der Waals surface area (Å²) in [7, 11) is 1.89. The SMILES string of the molecule is Cn1cnc2c(C(=O)NC(CN3CCc4ccccc4C3)C(C)(C)C)ccnc21. The van der Waals surface area contributed by atoms with Gasteiger partial charge >= 0.3 is 0 Å². The van der Waals surface area contributed by atoms with Gasteiger partial charge in [0.15, 0.2) is 5.65 Å². The summed E-state index contributed by atoms with van der Waals surface area (Å²) in [5.74, 6) is -0.0894. The molecule has 1 unspecified atom stereocenters. The maximum Gasteiger partial charge on any atom is 0.253 e. The molecule has 1 aromatic carbocycles. The van der Waals surface area contributed by atoms with Gasteiger partial charge in [0.05, 0.1) is 11.9 Å². The first-order valence-electron chi connectivity index (χ1n) is 10.2. The van der Waals surface area contributed by atoms with E-state index in [0.717, 1.165) is 31.7 Å². The molecule has 0 fully saturated rings. The Hall–Kier alpha value is -2.73. The highest BCUT2D eigenvalue weighted by molar-refractivity contribution is 6.04. The Balaban J connectivity index is 1.53. The van der Waals surface area contributed by atoms with E-state index in [1.165, 1.54) is 11.1 Å². The van der Waals surface area contributed by atoms with E-state index >= 15 is 0 Å². The lowest BCUT2D eigenvalue weighted by Crippen LogP contribution is -2.51. The van der Waals surface area contributed by atoms with Gasteiger partial charge in [-0.1, -0.05) is 45.0 Å². The van der Waals surface area contributed by atoms with Gasteiger partial charge in [-0.15, -0.1) is 0 Å². The number of hydrogen-bond acceptors (Lipinski definition) is 4. The fourth-order valence-corrected chi connectivity index (χ4v) is 3.95. The Kier molecular flexibility index (Phi) is 5.13. The van der Waals surface area contributed by atoms with Crippen molar-refractivity contribution < 1.29 is 4.79 Å².